The molecule has 0 fully saturated rings. The number of para-hydroxylation sites is 1. The molecule has 3 aromatic rings. The highest BCUT2D eigenvalue weighted by atomic mass is 19.4. The third-order valence-electron chi connectivity index (χ3n) is 4.92. The maximum Gasteiger partial charge on any atom is 0.420 e. The maximum atomic E-state index is 13.8. The third-order valence-corrected chi connectivity index (χ3v) is 4.92. The smallest absolute Gasteiger partial charge is 0.420 e. The van der Waals surface area contributed by atoms with Crippen molar-refractivity contribution < 1.29 is 31.8 Å². The number of alkyl halides is 3. The van der Waals surface area contributed by atoms with Gasteiger partial charge in [-0.2, -0.15) is 18.4 Å². The Balaban J connectivity index is 1.85. The van der Waals surface area contributed by atoms with Gasteiger partial charge in [-0.15, -0.1) is 0 Å². The second-order valence-electron chi connectivity index (χ2n) is 7.00. The number of rotatable bonds is 4. The molecule has 1 amide bonds. The van der Waals surface area contributed by atoms with Crippen molar-refractivity contribution >= 4 is 23.2 Å². The van der Waals surface area contributed by atoms with Crippen molar-refractivity contribution in [3.8, 4) is 23.3 Å². The van der Waals surface area contributed by atoms with Crippen molar-refractivity contribution in [1.29, 1.82) is 5.26 Å². The van der Waals surface area contributed by atoms with E-state index >= 15 is 0 Å². The van der Waals surface area contributed by atoms with Crippen LogP contribution in [0.2, 0.25) is 0 Å². The molecule has 1 aliphatic rings. The van der Waals surface area contributed by atoms with Gasteiger partial charge in [-0.3, -0.25) is 4.79 Å². The zero-order valence-corrected chi connectivity index (χ0v) is 17.0. The van der Waals surface area contributed by atoms with E-state index in [1.807, 2.05) is 0 Å². The molecular weight excluding hydrogens is 440 g/mol. The number of anilines is 1. The summed E-state index contributed by atoms with van der Waals surface area (Å²) in [6.07, 6.45) is -3.40. The summed E-state index contributed by atoms with van der Waals surface area (Å²) in [6, 6.07) is 13.0. The Bertz CT molecular complexity index is 1340. The number of methoxy groups -OCH3 is 1. The lowest BCUT2D eigenvalue weighted by molar-refractivity contribution is -0.138. The summed E-state index contributed by atoms with van der Waals surface area (Å²) < 4.78 is 65.5. The summed E-state index contributed by atoms with van der Waals surface area (Å²) in [5.74, 6) is -1.57. The first-order valence-electron chi connectivity index (χ1n) is 9.50. The van der Waals surface area contributed by atoms with Crippen molar-refractivity contribution in [2.24, 2.45) is 0 Å². The van der Waals surface area contributed by atoms with Crippen LogP contribution >= 0.6 is 0 Å². The largest absolute Gasteiger partial charge is 0.493 e. The molecular formula is C24H14F4N2O3. The lowest BCUT2D eigenvalue weighted by Gasteiger charge is -2.17. The van der Waals surface area contributed by atoms with Gasteiger partial charge in [0.1, 0.15) is 11.6 Å². The molecule has 3 aromatic carbocycles. The second kappa shape index (κ2) is 8.31. The number of carbonyl (C=O) groups is 1. The van der Waals surface area contributed by atoms with Gasteiger partial charge in [-0.25, -0.2) is 4.39 Å². The van der Waals surface area contributed by atoms with Crippen molar-refractivity contribution in [3.63, 3.8) is 0 Å². The molecule has 4 rings (SSSR count). The summed E-state index contributed by atoms with van der Waals surface area (Å²) in [4.78, 5) is 12.5. The molecule has 0 unspecified atom stereocenters. The number of ether oxygens (including phenoxy) is 2. The monoisotopic (exact) mass is 454 g/mol. The Kier molecular flexibility index (Phi) is 5.52. The highest BCUT2D eigenvalue weighted by Gasteiger charge is 2.35. The van der Waals surface area contributed by atoms with E-state index in [-0.39, 0.29) is 28.2 Å². The number of halogens is 4. The number of hydrogen-bond acceptors (Lipinski definition) is 4. The van der Waals surface area contributed by atoms with Crippen molar-refractivity contribution in [3.05, 3.63) is 82.7 Å². The summed E-state index contributed by atoms with van der Waals surface area (Å²) in [5.41, 5.74) is -0.268. The van der Waals surface area contributed by atoms with Crippen LogP contribution in [0.15, 0.2) is 54.6 Å². The maximum absolute atomic E-state index is 13.8. The van der Waals surface area contributed by atoms with Gasteiger partial charge in [-0.05, 0) is 48.5 Å². The molecule has 1 N–H and O–H groups in total. The van der Waals surface area contributed by atoms with Gasteiger partial charge in [0, 0.05) is 22.4 Å². The van der Waals surface area contributed by atoms with E-state index in [2.05, 4.69) is 5.32 Å². The highest BCUT2D eigenvalue weighted by Crippen LogP contribution is 2.43. The van der Waals surface area contributed by atoms with E-state index < -0.39 is 29.2 Å². The molecule has 0 saturated carbocycles. The normalized spacial score (nSPS) is 13.9. The van der Waals surface area contributed by atoms with E-state index in [0.717, 1.165) is 6.07 Å². The number of nitriles is 1. The van der Waals surface area contributed by atoms with Crippen LogP contribution in [-0.2, 0) is 11.0 Å². The van der Waals surface area contributed by atoms with Gasteiger partial charge in [0.25, 0.3) is 5.91 Å². The van der Waals surface area contributed by atoms with Gasteiger partial charge >= 0.3 is 6.18 Å². The number of hydrogen-bond donors (Lipinski definition) is 1. The minimum Gasteiger partial charge on any atom is -0.493 e. The zero-order chi connectivity index (χ0) is 23.8. The first-order chi connectivity index (χ1) is 15.7. The third kappa shape index (κ3) is 4.23. The lowest BCUT2D eigenvalue weighted by Crippen LogP contribution is -2.08. The number of amides is 1. The lowest BCUT2D eigenvalue weighted by atomic mass is 10.0. The Labute approximate surface area is 185 Å². The van der Waals surface area contributed by atoms with Gasteiger partial charge < -0.3 is 14.8 Å². The first-order valence-corrected chi connectivity index (χ1v) is 9.50. The number of nitrogens with zero attached hydrogens (tertiary/aromatic N) is 1. The Morgan fingerprint density at radius 3 is 2.55 bits per heavy atom. The Hall–Kier alpha value is -4.32. The molecule has 5 nitrogen and oxygen atoms in total. The molecule has 1 aliphatic heterocycles. The van der Waals surface area contributed by atoms with Crippen LogP contribution in [-0.4, -0.2) is 13.0 Å². The van der Waals surface area contributed by atoms with E-state index in [1.165, 1.54) is 49.6 Å². The first kappa shape index (κ1) is 21.9. The van der Waals surface area contributed by atoms with Crippen molar-refractivity contribution in [1.82, 2.24) is 0 Å². The second-order valence-corrected chi connectivity index (χ2v) is 7.00. The fraction of sp³-hybridized carbons (Fsp3) is 0.0833. The zero-order valence-electron chi connectivity index (χ0n) is 17.0. The summed E-state index contributed by atoms with van der Waals surface area (Å²) >= 11 is 0. The topological polar surface area (TPSA) is 71.3 Å². The number of fused-ring (bicyclic) bond motifs is 1. The van der Waals surface area contributed by atoms with Gasteiger partial charge in [0.15, 0.2) is 11.5 Å². The van der Waals surface area contributed by atoms with Crippen LogP contribution in [0.5, 0.6) is 17.2 Å². The van der Waals surface area contributed by atoms with E-state index in [4.69, 9.17) is 14.7 Å². The summed E-state index contributed by atoms with van der Waals surface area (Å²) in [5, 5.41) is 11.6. The number of nitrogens with one attached hydrogen (secondary N) is 1. The Morgan fingerprint density at radius 2 is 1.85 bits per heavy atom. The number of carbonyl (C=O) groups excluding carboxylic acids is 1. The SMILES string of the molecule is COc1cccc(C=C2C(=O)Nc3ccc(F)cc32)c1Oc1ccc(C#N)cc1C(F)(F)F. The predicted octanol–water partition coefficient (Wildman–Crippen LogP) is 6.01. The van der Waals surface area contributed by atoms with Crippen LogP contribution in [0.4, 0.5) is 23.2 Å². The molecule has 33 heavy (non-hydrogen) atoms. The van der Waals surface area contributed by atoms with Gasteiger partial charge in [0.05, 0.1) is 24.3 Å². The van der Waals surface area contributed by atoms with Crippen LogP contribution in [0.3, 0.4) is 0 Å². The van der Waals surface area contributed by atoms with Gasteiger partial charge in [-0.1, -0.05) is 12.1 Å². The molecule has 0 spiro atoms. The minimum absolute atomic E-state index is 0.0830. The number of benzene rings is 3. The molecule has 166 valence electrons. The minimum atomic E-state index is -4.79. The van der Waals surface area contributed by atoms with Crippen LogP contribution < -0.4 is 14.8 Å². The standard InChI is InChI=1S/C24H14F4N2O3/c1-32-21-4-2-3-14(10-17-16-11-15(25)6-7-19(16)30-23(17)31)22(21)33-20-8-5-13(12-29)9-18(20)24(26,27)28/h2-11H,1H3,(H,30,31). The quantitative estimate of drug-likeness (QED) is 0.387. The fourth-order valence-electron chi connectivity index (χ4n) is 3.40. The summed E-state index contributed by atoms with van der Waals surface area (Å²) in [7, 11) is 1.31. The van der Waals surface area contributed by atoms with Crippen molar-refractivity contribution in [2.45, 2.75) is 6.18 Å². The molecule has 0 atom stereocenters. The molecule has 1 heterocycles. The average Bonchev–Trinajstić information content (AvgIpc) is 3.08. The fourth-order valence-corrected chi connectivity index (χ4v) is 3.40. The van der Waals surface area contributed by atoms with E-state index in [0.29, 0.717) is 17.3 Å². The highest BCUT2D eigenvalue weighted by molar-refractivity contribution is 6.35. The van der Waals surface area contributed by atoms with E-state index in [1.54, 1.807) is 12.1 Å². The van der Waals surface area contributed by atoms with Crippen LogP contribution in [0.1, 0.15) is 22.3 Å². The molecule has 0 aliphatic carbocycles. The summed E-state index contributed by atoms with van der Waals surface area (Å²) in [6.45, 7) is 0. The molecule has 0 radical (unpaired) electrons. The predicted molar refractivity (Wildman–Crippen MR) is 112 cm³/mol. The van der Waals surface area contributed by atoms with Gasteiger partial charge in [0.2, 0.25) is 0 Å². The van der Waals surface area contributed by atoms with E-state index in [9.17, 15) is 22.4 Å². The average molecular weight is 454 g/mol. The van der Waals surface area contributed by atoms with Crippen molar-refractivity contribution in [2.75, 3.05) is 12.4 Å². The molecule has 0 saturated heterocycles. The Morgan fingerprint density at radius 1 is 1.06 bits per heavy atom. The van der Waals surface area contributed by atoms with Crippen LogP contribution in [0.25, 0.3) is 11.6 Å². The molecule has 0 aromatic heterocycles. The molecule has 0 bridgehead atoms. The van der Waals surface area contributed by atoms with Crippen LogP contribution in [0, 0.1) is 17.1 Å². The molecule has 9 heteroatoms.